The number of phenols is 1. The monoisotopic (exact) mass is 292 g/mol. The van der Waals surface area contributed by atoms with Crippen molar-refractivity contribution in [2.75, 3.05) is 20.6 Å². The SMILES string of the molecule is CCC(CC)C(CNC(C)c1ccc(C)cc1O)N(C)C. The maximum atomic E-state index is 10.1. The van der Waals surface area contributed by atoms with Crippen LogP contribution in [0.25, 0.3) is 0 Å². The average Bonchev–Trinajstić information content (AvgIpc) is 2.42. The Balaban J connectivity index is 2.71. The van der Waals surface area contributed by atoms with Gasteiger partial charge in [0.25, 0.3) is 0 Å². The summed E-state index contributed by atoms with van der Waals surface area (Å²) in [6.45, 7) is 9.58. The fraction of sp³-hybridized carbons (Fsp3) is 0.667. The average molecular weight is 292 g/mol. The van der Waals surface area contributed by atoms with Crippen molar-refractivity contribution >= 4 is 0 Å². The van der Waals surface area contributed by atoms with Gasteiger partial charge in [0.15, 0.2) is 0 Å². The molecule has 21 heavy (non-hydrogen) atoms. The Morgan fingerprint density at radius 3 is 2.29 bits per heavy atom. The Kier molecular flexibility index (Phi) is 7.20. The van der Waals surface area contributed by atoms with Crippen molar-refractivity contribution in [3.05, 3.63) is 29.3 Å². The van der Waals surface area contributed by atoms with Crippen molar-refractivity contribution < 1.29 is 5.11 Å². The fourth-order valence-corrected chi connectivity index (χ4v) is 3.03. The number of rotatable bonds is 8. The first kappa shape index (κ1) is 18.0. The molecule has 0 aliphatic heterocycles. The molecular weight excluding hydrogens is 260 g/mol. The minimum atomic E-state index is 0.155. The van der Waals surface area contributed by atoms with Crippen LogP contribution in [0.1, 0.15) is 50.8 Å². The summed E-state index contributed by atoms with van der Waals surface area (Å²) >= 11 is 0. The van der Waals surface area contributed by atoms with Crippen LogP contribution >= 0.6 is 0 Å². The van der Waals surface area contributed by atoms with E-state index in [1.165, 1.54) is 12.8 Å². The topological polar surface area (TPSA) is 35.5 Å². The number of benzene rings is 1. The predicted molar refractivity (Wildman–Crippen MR) is 90.8 cm³/mol. The third-order valence-electron chi connectivity index (χ3n) is 4.54. The normalized spacial score (nSPS) is 14.7. The zero-order valence-electron chi connectivity index (χ0n) is 14.5. The Labute approximate surface area is 130 Å². The Bertz CT molecular complexity index is 427. The quantitative estimate of drug-likeness (QED) is 0.766. The van der Waals surface area contributed by atoms with Crippen molar-refractivity contribution in [2.45, 2.75) is 52.6 Å². The lowest BCUT2D eigenvalue weighted by Crippen LogP contribution is -2.43. The molecule has 0 aliphatic carbocycles. The van der Waals surface area contributed by atoms with E-state index in [1.54, 1.807) is 0 Å². The molecule has 2 unspecified atom stereocenters. The van der Waals surface area contributed by atoms with Crippen LogP contribution in [0, 0.1) is 12.8 Å². The van der Waals surface area contributed by atoms with Crippen LogP contribution in [0.5, 0.6) is 5.75 Å². The van der Waals surface area contributed by atoms with Gasteiger partial charge in [0, 0.05) is 24.2 Å². The van der Waals surface area contributed by atoms with Gasteiger partial charge in [-0.05, 0) is 45.5 Å². The van der Waals surface area contributed by atoms with Crippen LogP contribution in [-0.4, -0.2) is 36.7 Å². The number of hydrogen-bond acceptors (Lipinski definition) is 3. The minimum Gasteiger partial charge on any atom is -0.508 e. The first-order valence-corrected chi connectivity index (χ1v) is 8.09. The molecule has 2 atom stereocenters. The van der Waals surface area contributed by atoms with Crippen molar-refractivity contribution in [3.8, 4) is 5.75 Å². The molecule has 0 spiro atoms. The Morgan fingerprint density at radius 1 is 1.19 bits per heavy atom. The van der Waals surface area contributed by atoms with E-state index in [4.69, 9.17) is 0 Å². The van der Waals surface area contributed by atoms with E-state index in [0.717, 1.165) is 17.7 Å². The lowest BCUT2D eigenvalue weighted by Gasteiger charge is -2.32. The van der Waals surface area contributed by atoms with Crippen LogP contribution in [-0.2, 0) is 0 Å². The summed E-state index contributed by atoms with van der Waals surface area (Å²) in [5.41, 5.74) is 2.06. The van der Waals surface area contributed by atoms with Gasteiger partial charge in [0.1, 0.15) is 5.75 Å². The van der Waals surface area contributed by atoms with Crippen molar-refractivity contribution in [1.29, 1.82) is 0 Å². The maximum Gasteiger partial charge on any atom is 0.120 e. The Morgan fingerprint density at radius 2 is 1.81 bits per heavy atom. The molecular formula is C18H32N2O. The van der Waals surface area contributed by atoms with Crippen molar-refractivity contribution in [2.24, 2.45) is 5.92 Å². The molecule has 0 amide bonds. The summed E-state index contributed by atoms with van der Waals surface area (Å²) in [5.74, 6) is 1.09. The van der Waals surface area contributed by atoms with Gasteiger partial charge >= 0.3 is 0 Å². The highest BCUT2D eigenvalue weighted by Crippen LogP contribution is 2.25. The summed E-state index contributed by atoms with van der Waals surface area (Å²) in [5, 5.41) is 13.7. The number of hydrogen-bond donors (Lipinski definition) is 2. The van der Waals surface area contributed by atoms with Crippen LogP contribution in [0.2, 0.25) is 0 Å². The number of likely N-dealkylation sites (N-methyl/N-ethyl adjacent to an activating group) is 1. The van der Waals surface area contributed by atoms with Crippen LogP contribution in [0.15, 0.2) is 18.2 Å². The molecule has 3 heteroatoms. The van der Waals surface area contributed by atoms with Crippen molar-refractivity contribution in [1.82, 2.24) is 10.2 Å². The summed E-state index contributed by atoms with van der Waals surface area (Å²) in [7, 11) is 4.30. The third kappa shape index (κ3) is 5.01. The molecule has 120 valence electrons. The highest BCUT2D eigenvalue weighted by Gasteiger charge is 2.21. The van der Waals surface area contributed by atoms with Gasteiger partial charge in [0.2, 0.25) is 0 Å². The Hall–Kier alpha value is -1.06. The number of aryl methyl sites for hydroxylation is 1. The minimum absolute atomic E-state index is 0.155. The van der Waals surface area contributed by atoms with E-state index in [9.17, 15) is 5.11 Å². The predicted octanol–water partition coefficient (Wildman–Crippen LogP) is 3.72. The number of nitrogens with zero attached hydrogens (tertiary/aromatic N) is 1. The molecule has 0 aromatic heterocycles. The van der Waals surface area contributed by atoms with E-state index >= 15 is 0 Å². The van der Waals surface area contributed by atoms with Crippen molar-refractivity contribution in [3.63, 3.8) is 0 Å². The van der Waals surface area contributed by atoms with Gasteiger partial charge in [-0.25, -0.2) is 0 Å². The summed E-state index contributed by atoms with van der Waals surface area (Å²) < 4.78 is 0. The van der Waals surface area contributed by atoms with Gasteiger partial charge in [-0.3, -0.25) is 0 Å². The van der Waals surface area contributed by atoms with Gasteiger partial charge in [-0.1, -0.05) is 38.8 Å². The zero-order chi connectivity index (χ0) is 16.0. The fourth-order valence-electron chi connectivity index (χ4n) is 3.03. The second-order valence-corrected chi connectivity index (χ2v) is 6.30. The van der Waals surface area contributed by atoms with Gasteiger partial charge in [-0.2, -0.15) is 0 Å². The van der Waals surface area contributed by atoms with E-state index in [-0.39, 0.29) is 6.04 Å². The molecule has 0 fully saturated rings. The molecule has 3 nitrogen and oxygen atoms in total. The second-order valence-electron chi connectivity index (χ2n) is 6.30. The first-order chi connectivity index (χ1) is 9.90. The summed E-state index contributed by atoms with van der Waals surface area (Å²) in [4.78, 5) is 2.31. The smallest absolute Gasteiger partial charge is 0.120 e. The molecule has 0 saturated heterocycles. The third-order valence-corrected chi connectivity index (χ3v) is 4.54. The van der Waals surface area contributed by atoms with Gasteiger partial charge in [-0.15, -0.1) is 0 Å². The molecule has 1 rings (SSSR count). The van der Waals surface area contributed by atoms with E-state index in [0.29, 0.717) is 17.7 Å². The van der Waals surface area contributed by atoms with Crippen LogP contribution in [0.4, 0.5) is 0 Å². The largest absolute Gasteiger partial charge is 0.508 e. The summed E-state index contributed by atoms with van der Waals surface area (Å²) in [6.07, 6.45) is 2.40. The van der Waals surface area contributed by atoms with E-state index in [2.05, 4.69) is 51.1 Å². The number of phenolic OH excluding ortho intramolecular Hbond substituents is 1. The molecule has 0 radical (unpaired) electrons. The van der Waals surface area contributed by atoms with Crippen LogP contribution < -0.4 is 5.32 Å². The zero-order valence-corrected chi connectivity index (χ0v) is 14.5. The molecule has 2 N–H and O–H groups in total. The van der Waals surface area contributed by atoms with Gasteiger partial charge < -0.3 is 15.3 Å². The molecule has 0 heterocycles. The van der Waals surface area contributed by atoms with E-state index < -0.39 is 0 Å². The lowest BCUT2D eigenvalue weighted by molar-refractivity contribution is 0.190. The second kappa shape index (κ2) is 8.40. The number of aromatic hydroxyl groups is 1. The standard InChI is InChI=1S/C18H32N2O/c1-7-15(8-2)17(20(5)6)12-19-14(4)16-10-9-13(3)11-18(16)21/h9-11,14-15,17,19,21H,7-8,12H2,1-6H3. The number of nitrogens with one attached hydrogen (secondary N) is 1. The highest BCUT2D eigenvalue weighted by atomic mass is 16.3. The molecule has 0 saturated carbocycles. The molecule has 0 aliphatic rings. The first-order valence-electron chi connectivity index (χ1n) is 8.09. The van der Waals surface area contributed by atoms with Gasteiger partial charge in [0.05, 0.1) is 0 Å². The molecule has 0 bridgehead atoms. The molecule has 1 aromatic carbocycles. The maximum absolute atomic E-state index is 10.1. The van der Waals surface area contributed by atoms with Crippen LogP contribution in [0.3, 0.4) is 0 Å². The lowest BCUT2D eigenvalue weighted by atomic mass is 9.93. The summed E-state index contributed by atoms with van der Waals surface area (Å²) in [6, 6.07) is 6.58. The molecule has 1 aromatic rings. The van der Waals surface area contributed by atoms with E-state index in [1.807, 2.05) is 19.1 Å². The highest BCUT2D eigenvalue weighted by molar-refractivity contribution is 5.37.